The van der Waals surface area contributed by atoms with E-state index in [1.807, 2.05) is 24.3 Å². The smallest absolute Gasteiger partial charge is 0.271 e. The van der Waals surface area contributed by atoms with Crippen molar-refractivity contribution in [2.24, 2.45) is 5.10 Å². The SMILES string of the molecule is O=C(N/N=C\c1ccc(Br)o1)c1ccc(CN2CCOCC2)cc1. The summed E-state index contributed by atoms with van der Waals surface area (Å²) >= 11 is 3.21. The number of ether oxygens (including phenoxy) is 1. The van der Waals surface area contributed by atoms with E-state index in [1.54, 1.807) is 12.1 Å². The largest absolute Gasteiger partial charge is 0.448 e. The molecule has 0 unspecified atom stereocenters. The van der Waals surface area contributed by atoms with Gasteiger partial charge in [0.1, 0.15) is 5.76 Å². The van der Waals surface area contributed by atoms with Crippen LogP contribution in [0.1, 0.15) is 21.7 Å². The maximum absolute atomic E-state index is 12.0. The van der Waals surface area contributed by atoms with Gasteiger partial charge in [-0.05, 0) is 45.8 Å². The minimum absolute atomic E-state index is 0.255. The van der Waals surface area contributed by atoms with Crippen LogP contribution in [-0.4, -0.2) is 43.3 Å². The lowest BCUT2D eigenvalue weighted by Gasteiger charge is -2.26. The van der Waals surface area contributed by atoms with Gasteiger partial charge < -0.3 is 9.15 Å². The molecule has 0 atom stereocenters. The summed E-state index contributed by atoms with van der Waals surface area (Å²) in [6.07, 6.45) is 1.45. The lowest BCUT2D eigenvalue weighted by atomic mass is 10.1. The molecule has 126 valence electrons. The van der Waals surface area contributed by atoms with Crippen molar-refractivity contribution >= 4 is 28.1 Å². The van der Waals surface area contributed by atoms with Crippen LogP contribution in [0.5, 0.6) is 0 Å². The molecule has 7 heteroatoms. The van der Waals surface area contributed by atoms with Gasteiger partial charge in [0.25, 0.3) is 5.91 Å². The summed E-state index contributed by atoms with van der Waals surface area (Å²) in [5.74, 6) is 0.304. The Morgan fingerprint density at radius 1 is 1.21 bits per heavy atom. The van der Waals surface area contributed by atoms with Gasteiger partial charge in [-0.15, -0.1) is 0 Å². The van der Waals surface area contributed by atoms with Gasteiger partial charge >= 0.3 is 0 Å². The minimum atomic E-state index is -0.255. The number of nitrogens with zero attached hydrogens (tertiary/aromatic N) is 2. The number of benzene rings is 1. The Bertz CT molecular complexity index is 706. The Labute approximate surface area is 148 Å². The van der Waals surface area contributed by atoms with Crippen LogP contribution < -0.4 is 5.43 Å². The fraction of sp³-hybridized carbons (Fsp3) is 0.294. The predicted molar refractivity (Wildman–Crippen MR) is 94.0 cm³/mol. The van der Waals surface area contributed by atoms with E-state index in [1.165, 1.54) is 11.8 Å². The Balaban J connectivity index is 1.52. The molecule has 1 aliphatic rings. The van der Waals surface area contributed by atoms with E-state index in [9.17, 15) is 4.79 Å². The second-order valence-corrected chi connectivity index (χ2v) is 6.21. The predicted octanol–water partition coefficient (Wildman–Crippen LogP) is 2.64. The average Bonchev–Trinajstić information content (AvgIpc) is 3.02. The van der Waals surface area contributed by atoms with E-state index in [2.05, 4.69) is 31.4 Å². The zero-order chi connectivity index (χ0) is 16.8. The summed E-state index contributed by atoms with van der Waals surface area (Å²) in [6, 6.07) is 11.1. The molecule has 0 bridgehead atoms. The number of carbonyl (C=O) groups is 1. The number of nitrogens with one attached hydrogen (secondary N) is 1. The highest BCUT2D eigenvalue weighted by atomic mass is 79.9. The summed E-state index contributed by atoms with van der Waals surface area (Å²) in [5, 5.41) is 3.89. The molecule has 1 aliphatic heterocycles. The molecule has 1 aromatic carbocycles. The molecule has 6 nitrogen and oxygen atoms in total. The molecule has 2 heterocycles. The molecule has 1 N–H and O–H groups in total. The summed E-state index contributed by atoms with van der Waals surface area (Å²) in [4.78, 5) is 14.4. The van der Waals surface area contributed by atoms with Gasteiger partial charge in [0, 0.05) is 25.2 Å². The van der Waals surface area contributed by atoms with Gasteiger partial charge in [0.05, 0.1) is 19.4 Å². The van der Waals surface area contributed by atoms with Crippen LogP contribution in [0.4, 0.5) is 0 Å². The summed E-state index contributed by atoms with van der Waals surface area (Å²) in [7, 11) is 0. The first-order chi connectivity index (χ1) is 11.7. The molecule has 1 amide bonds. The summed E-state index contributed by atoms with van der Waals surface area (Å²) in [5.41, 5.74) is 4.23. The number of morpholine rings is 1. The monoisotopic (exact) mass is 391 g/mol. The number of halogens is 1. The Morgan fingerprint density at radius 2 is 1.96 bits per heavy atom. The van der Waals surface area contributed by atoms with E-state index in [4.69, 9.17) is 9.15 Å². The molecule has 3 rings (SSSR count). The van der Waals surface area contributed by atoms with Gasteiger partial charge in [-0.2, -0.15) is 5.10 Å². The van der Waals surface area contributed by atoms with Gasteiger partial charge in [-0.3, -0.25) is 9.69 Å². The zero-order valence-electron chi connectivity index (χ0n) is 13.1. The van der Waals surface area contributed by atoms with Crippen LogP contribution in [-0.2, 0) is 11.3 Å². The molecule has 2 aromatic rings. The number of hydrogen-bond acceptors (Lipinski definition) is 5. The van der Waals surface area contributed by atoms with Crippen LogP contribution in [0.15, 0.2) is 50.6 Å². The zero-order valence-corrected chi connectivity index (χ0v) is 14.7. The van der Waals surface area contributed by atoms with Gasteiger partial charge in [-0.25, -0.2) is 5.43 Å². The quantitative estimate of drug-likeness (QED) is 0.628. The van der Waals surface area contributed by atoms with Crippen molar-refractivity contribution in [3.8, 4) is 0 Å². The lowest BCUT2D eigenvalue weighted by molar-refractivity contribution is 0.0342. The molecule has 0 aliphatic carbocycles. The second-order valence-electron chi connectivity index (χ2n) is 5.43. The third kappa shape index (κ3) is 4.77. The molecular formula is C17H18BrN3O3. The van der Waals surface area contributed by atoms with Gasteiger partial charge in [-0.1, -0.05) is 12.1 Å². The van der Waals surface area contributed by atoms with E-state index in [0.717, 1.165) is 32.8 Å². The number of rotatable bonds is 5. The van der Waals surface area contributed by atoms with Crippen molar-refractivity contribution in [2.45, 2.75) is 6.54 Å². The highest BCUT2D eigenvalue weighted by molar-refractivity contribution is 9.10. The fourth-order valence-corrected chi connectivity index (χ4v) is 2.71. The van der Waals surface area contributed by atoms with Crippen molar-refractivity contribution in [1.82, 2.24) is 10.3 Å². The van der Waals surface area contributed by atoms with Crippen LogP contribution in [0, 0.1) is 0 Å². The van der Waals surface area contributed by atoms with E-state index in [-0.39, 0.29) is 5.91 Å². The molecule has 1 aromatic heterocycles. The van der Waals surface area contributed by atoms with Crippen LogP contribution >= 0.6 is 15.9 Å². The number of furan rings is 1. The third-order valence-electron chi connectivity index (χ3n) is 3.68. The second kappa shape index (κ2) is 8.23. The summed E-state index contributed by atoms with van der Waals surface area (Å²) in [6.45, 7) is 4.33. The van der Waals surface area contributed by atoms with Crippen molar-refractivity contribution in [2.75, 3.05) is 26.3 Å². The van der Waals surface area contributed by atoms with E-state index < -0.39 is 0 Å². The maximum Gasteiger partial charge on any atom is 0.271 e. The van der Waals surface area contributed by atoms with Crippen molar-refractivity contribution < 1.29 is 13.9 Å². The number of hydrazone groups is 1. The first kappa shape index (κ1) is 16.9. The maximum atomic E-state index is 12.0. The van der Waals surface area contributed by atoms with E-state index >= 15 is 0 Å². The van der Waals surface area contributed by atoms with Crippen molar-refractivity contribution in [3.63, 3.8) is 0 Å². The number of amides is 1. The first-order valence-electron chi connectivity index (χ1n) is 7.68. The normalized spacial score (nSPS) is 15.7. The minimum Gasteiger partial charge on any atom is -0.448 e. The molecule has 24 heavy (non-hydrogen) atoms. The van der Waals surface area contributed by atoms with Gasteiger partial charge in [0.15, 0.2) is 4.67 Å². The molecule has 0 radical (unpaired) electrons. The third-order valence-corrected chi connectivity index (χ3v) is 4.10. The highest BCUT2D eigenvalue weighted by Gasteiger charge is 2.11. The van der Waals surface area contributed by atoms with E-state index in [0.29, 0.717) is 16.0 Å². The molecule has 0 saturated carbocycles. The number of hydrogen-bond donors (Lipinski definition) is 1. The van der Waals surface area contributed by atoms with Crippen molar-refractivity contribution in [1.29, 1.82) is 0 Å². The molecule has 0 spiro atoms. The lowest BCUT2D eigenvalue weighted by Crippen LogP contribution is -2.35. The Hall–Kier alpha value is -1.96. The fourth-order valence-electron chi connectivity index (χ4n) is 2.40. The Kier molecular flexibility index (Phi) is 5.79. The van der Waals surface area contributed by atoms with Crippen LogP contribution in [0.3, 0.4) is 0 Å². The summed E-state index contributed by atoms with van der Waals surface area (Å²) < 4.78 is 11.2. The van der Waals surface area contributed by atoms with Crippen LogP contribution in [0.25, 0.3) is 0 Å². The Morgan fingerprint density at radius 3 is 2.62 bits per heavy atom. The number of carbonyl (C=O) groups excluding carboxylic acids is 1. The first-order valence-corrected chi connectivity index (χ1v) is 8.48. The molecule has 1 fully saturated rings. The molecular weight excluding hydrogens is 374 g/mol. The molecule has 1 saturated heterocycles. The standard InChI is InChI=1S/C17H18BrN3O3/c18-16-6-5-15(24-16)11-19-20-17(22)14-3-1-13(2-4-14)12-21-7-9-23-10-8-21/h1-6,11H,7-10,12H2,(H,20,22)/b19-11-. The van der Waals surface area contributed by atoms with Crippen molar-refractivity contribution in [3.05, 3.63) is 58.0 Å². The highest BCUT2D eigenvalue weighted by Crippen LogP contribution is 2.12. The average molecular weight is 392 g/mol. The van der Waals surface area contributed by atoms with Gasteiger partial charge in [0.2, 0.25) is 0 Å². The topological polar surface area (TPSA) is 67.1 Å². The van der Waals surface area contributed by atoms with Crippen LogP contribution in [0.2, 0.25) is 0 Å².